The maximum atomic E-state index is 13.4. The average Bonchev–Trinajstić information content (AvgIpc) is 2.97. The lowest BCUT2D eigenvalue weighted by molar-refractivity contribution is 0.360. The number of hydrogen-bond acceptors (Lipinski definition) is 2. The van der Waals surface area contributed by atoms with Crippen molar-refractivity contribution in [2.45, 2.75) is 103 Å². The number of fused-ring (bicyclic) bond motifs is 1. The molecule has 3 rings (SSSR count). The maximum absolute atomic E-state index is 13.4. The zero-order valence-corrected chi connectivity index (χ0v) is 24.2. The molecule has 3 aromatic rings. The molecule has 3 nitrogen and oxygen atoms in total. The standard InChI is InChI=1S/C36H49NO2/c1-3-5-6-7-8-9-10-11-12-13-14-15-16-17-18-24-29-37-33-28-23-22-27-32(33)35(38)36(39-30-4-2)34(37)31-25-20-19-21-26-31/h4,19-29H,2-3,5-18,30H2,1H3. The average molecular weight is 528 g/mol. The van der Waals surface area contributed by atoms with Gasteiger partial charge in [-0.1, -0.05) is 152 Å². The highest BCUT2D eigenvalue weighted by Gasteiger charge is 2.18. The first-order valence-electron chi connectivity index (χ1n) is 15.4. The van der Waals surface area contributed by atoms with Gasteiger partial charge in [0.1, 0.15) is 6.61 Å². The fourth-order valence-electron chi connectivity index (χ4n) is 5.27. The van der Waals surface area contributed by atoms with E-state index in [1.165, 1.54) is 89.9 Å². The molecule has 0 unspecified atom stereocenters. The van der Waals surface area contributed by atoms with E-state index in [0.717, 1.165) is 23.2 Å². The molecule has 0 radical (unpaired) electrons. The summed E-state index contributed by atoms with van der Waals surface area (Å²) in [6.07, 6.45) is 26.2. The zero-order chi connectivity index (χ0) is 27.5. The van der Waals surface area contributed by atoms with E-state index in [0.29, 0.717) is 11.1 Å². The molecule has 1 heterocycles. The molecule has 39 heavy (non-hydrogen) atoms. The van der Waals surface area contributed by atoms with Crippen LogP contribution in [0.25, 0.3) is 28.4 Å². The van der Waals surface area contributed by atoms with Gasteiger partial charge in [0.25, 0.3) is 0 Å². The van der Waals surface area contributed by atoms with Gasteiger partial charge in [0.15, 0.2) is 5.75 Å². The molecule has 2 aromatic carbocycles. The molecule has 0 aliphatic rings. The van der Waals surface area contributed by atoms with Crippen LogP contribution < -0.4 is 10.2 Å². The van der Waals surface area contributed by atoms with Crippen LogP contribution in [0.5, 0.6) is 5.75 Å². The van der Waals surface area contributed by atoms with Gasteiger partial charge in [-0.15, -0.1) is 0 Å². The second-order valence-electron chi connectivity index (χ2n) is 10.6. The molecule has 210 valence electrons. The normalized spacial score (nSPS) is 11.4. The third-order valence-electron chi connectivity index (χ3n) is 7.44. The lowest BCUT2D eigenvalue weighted by Gasteiger charge is -2.18. The van der Waals surface area contributed by atoms with Crippen molar-refractivity contribution in [3.63, 3.8) is 0 Å². The third kappa shape index (κ3) is 9.88. The molecule has 0 atom stereocenters. The minimum Gasteiger partial charge on any atom is -0.483 e. The molecule has 0 aliphatic carbocycles. The Bertz CT molecular complexity index is 1190. The molecule has 0 bridgehead atoms. The minimum atomic E-state index is -0.0806. The van der Waals surface area contributed by atoms with Crippen LogP contribution >= 0.6 is 0 Å². The summed E-state index contributed by atoms with van der Waals surface area (Å²) in [7, 11) is 0. The molecule has 0 spiro atoms. The second kappa shape index (κ2) is 18.3. The van der Waals surface area contributed by atoms with E-state index in [9.17, 15) is 4.79 Å². The lowest BCUT2D eigenvalue weighted by atomic mass is 10.0. The summed E-state index contributed by atoms with van der Waals surface area (Å²) in [6, 6.07) is 17.8. The Labute approximate surface area is 236 Å². The Kier molecular flexibility index (Phi) is 14.3. The van der Waals surface area contributed by atoms with Crippen molar-refractivity contribution in [3.8, 4) is 17.0 Å². The Morgan fingerprint density at radius 3 is 1.92 bits per heavy atom. The Morgan fingerprint density at radius 2 is 1.31 bits per heavy atom. The molecule has 0 saturated heterocycles. The number of nitrogens with zero attached hydrogens (tertiary/aromatic N) is 1. The summed E-state index contributed by atoms with van der Waals surface area (Å²) in [5.41, 5.74) is 2.56. The first-order valence-corrected chi connectivity index (χ1v) is 15.4. The summed E-state index contributed by atoms with van der Waals surface area (Å²) in [4.78, 5) is 13.4. The Balaban J connectivity index is 1.53. The molecule has 0 aliphatic heterocycles. The Morgan fingerprint density at radius 1 is 0.744 bits per heavy atom. The molecule has 0 amide bonds. The van der Waals surface area contributed by atoms with Crippen LogP contribution in [0.1, 0.15) is 103 Å². The summed E-state index contributed by atoms with van der Waals surface area (Å²) in [6.45, 7) is 6.34. The van der Waals surface area contributed by atoms with Crippen LogP contribution in [0.2, 0.25) is 0 Å². The number of unbranched alkanes of at least 4 members (excludes halogenated alkanes) is 14. The van der Waals surface area contributed by atoms with Gasteiger partial charge in [-0.3, -0.25) is 4.79 Å². The number of rotatable bonds is 20. The zero-order valence-electron chi connectivity index (χ0n) is 24.2. The van der Waals surface area contributed by atoms with Crippen LogP contribution in [0.3, 0.4) is 0 Å². The van der Waals surface area contributed by atoms with E-state index in [4.69, 9.17) is 4.74 Å². The fraction of sp³-hybridized carbons (Fsp3) is 0.472. The van der Waals surface area contributed by atoms with Crippen LogP contribution in [-0.2, 0) is 0 Å². The molecule has 0 N–H and O–H groups in total. The molecular formula is C36H49NO2. The number of pyridine rings is 1. The number of hydrogen-bond donors (Lipinski definition) is 0. The van der Waals surface area contributed by atoms with Gasteiger partial charge in [0.2, 0.25) is 5.43 Å². The van der Waals surface area contributed by atoms with Gasteiger partial charge in [0, 0.05) is 17.1 Å². The maximum Gasteiger partial charge on any atom is 0.231 e. The fourth-order valence-corrected chi connectivity index (χ4v) is 5.27. The summed E-state index contributed by atoms with van der Waals surface area (Å²) in [5.74, 6) is 0.376. The highest BCUT2D eigenvalue weighted by molar-refractivity contribution is 5.88. The number of ether oxygens (including phenoxy) is 1. The van der Waals surface area contributed by atoms with Crippen molar-refractivity contribution in [3.05, 3.63) is 83.6 Å². The van der Waals surface area contributed by atoms with E-state index in [1.807, 2.05) is 54.6 Å². The number of aromatic nitrogens is 1. The quantitative estimate of drug-likeness (QED) is 0.108. The lowest BCUT2D eigenvalue weighted by Crippen LogP contribution is -2.15. The Hall–Kier alpha value is -3.07. The predicted octanol–water partition coefficient (Wildman–Crippen LogP) is 10.6. The van der Waals surface area contributed by atoms with Crippen LogP contribution in [0.15, 0.2) is 78.1 Å². The molecular weight excluding hydrogens is 478 g/mol. The first-order chi connectivity index (χ1) is 19.3. The van der Waals surface area contributed by atoms with E-state index in [-0.39, 0.29) is 12.0 Å². The number of para-hydroxylation sites is 1. The van der Waals surface area contributed by atoms with Gasteiger partial charge >= 0.3 is 0 Å². The van der Waals surface area contributed by atoms with E-state index in [1.54, 1.807) is 6.08 Å². The largest absolute Gasteiger partial charge is 0.483 e. The summed E-state index contributed by atoms with van der Waals surface area (Å²) < 4.78 is 8.09. The minimum absolute atomic E-state index is 0.0806. The van der Waals surface area contributed by atoms with Crippen LogP contribution in [0, 0.1) is 0 Å². The van der Waals surface area contributed by atoms with Gasteiger partial charge < -0.3 is 9.30 Å². The third-order valence-corrected chi connectivity index (χ3v) is 7.44. The number of allylic oxidation sites excluding steroid dienone is 1. The highest BCUT2D eigenvalue weighted by atomic mass is 16.5. The van der Waals surface area contributed by atoms with E-state index in [2.05, 4.69) is 30.3 Å². The van der Waals surface area contributed by atoms with E-state index < -0.39 is 0 Å². The monoisotopic (exact) mass is 527 g/mol. The van der Waals surface area contributed by atoms with Crippen molar-refractivity contribution in [1.29, 1.82) is 0 Å². The van der Waals surface area contributed by atoms with Gasteiger partial charge in [-0.2, -0.15) is 0 Å². The van der Waals surface area contributed by atoms with Crippen molar-refractivity contribution in [2.75, 3.05) is 6.61 Å². The van der Waals surface area contributed by atoms with Crippen molar-refractivity contribution < 1.29 is 4.74 Å². The summed E-state index contributed by atoms with van der Waals surface area (Å²) >= 11 is 0. The first kappa shape index (κ1) is 30.5. The second-order valence-corrected chi connectivity index (χ2v) is 10.6. The van der Waals surface area contributed by atoms with Gasteiger partial charge in [-0.05, 0) is 25.0 Å². The molecule has 1 aromatic heterocycles. The predicted molar refractivity (Wildman–Crippen MR) is 170 cm³/mol. The topological polar surface area (TPSA) is 31.2 Å². The van der Waals surface area contributed by atoms with Crippen molar-refractivity contribution >= 4 is 17.1 Å². The van der Waals surface area contributed by atoms with Crippen LogP contribution in [-0.4, -0.2) is 11.2 Å². The molecule has 0 saturated carbocycles. The SMILES string of the molecule is C=CCOc1c(-c2ccccc2)n(C=CCCCCCCCCCCCCCCCC)c2ccccc2c1=O. The van der Waals surface area contributed by atoms with Crippen molar-refractivity contribution in [1.82, 2.24) is 4.57 Å². The molecule has 0 fully saturated rings. The smallest absolute Gasteiger partial charge is 0.231 e. The number of benzene rings is 2. The van der Waals surface area contributed by atoms with E-state index >= 15 is 0 Å². The highest BCUT2D eigenvalue weighted by Crippen LogP contribution is 2.31. The van der Waals surface area contributed by atoms with Crippen molar-refractivity contribution in [2.24, 2.45) is 0 Å². The molecule has 3 heteroatoms. The van der Waals surface area contributed by atoms with Gasteiger partial charge in [-0.25, -0.2) is 0 Å². The van der Waals surface area contributed by atoms with Crippen LogP contribution in [0.4, 0.5) is 0 Å². The van der Waals surface area contributed by atoms with Gasteiger partial charge in [0.05, 0.1) is 11.2 Å². The summed E-state index contributed by atoms with van der Waals surface area (Å²) in [5, 5.41) is 0.664.